The summed E-state index contributed by atoms with van der Waals surface area (Å²) < 4.78 is 5.46. The van der Waals surface area contributed by atoms with Gasteiger partial charge in [0.25, 0.3) is 0 Å². The molecule has 0 fully saturated rings. The van der Waals surface area contributed by atoms with E-state index < -0.39 is 0 Å². The van der Waals surface area contributed by atoms with Crippen LogP contribution in [-0.2, 0) is 11.2 Å². The fraction of sp³-hybridized carbons (Fsp3) is 0.353. The summed E-state index contributed by atoms with van der Waals surface area (Å²) in [6, 6.07) is 5.98. The zero-order valence-electron chi connectivity index (χ0n) is 11.8. The standard InChI is InChI=1S/C17H19NO3/c19-11-13-1-4-15(10-13)18-17(20)6-3-12-2-5-16-14(9-12)7-8-21-16/h1-6,9,13,15,19H,7-8,10-11H2,(H,18,20)/b6-3+/t13-,15+/m0/s1. The molecule has 0 radical (unpaired) electrons. The molecule has 4 heteroatoms. The molecular weight excluding hydrogens is 266 g/mol. The maximum atomic E-state index is 11.9. The second kappa shape index (κ2) is 6.14. The number of benzene rings is 1. The molecule has 21 heavy (non-hydrogen) atoms. The monoisotopic (exact) mass is 285 g/mol. The Morgan fingerprint density at radius 2 is 2.33 bits per heavy atom. The lowest BCUT2D eigenvalue weighted by atomic mass is 10.1. The number of hydrogen-bond donors (Lipinski definition) is 2. The van der Waals surface area contributed by atoms with Gasteiger partial charge in [-0.1, -0.05) is 18.2 Å². The van der Waals surface area contributed by atoms with Gasteiger partial charge >= 0.3 is 0 Å². The van der Waals surface area contributed by atoms with Crippen molar-refractivity contribution in [2.45, 2.75) is 18.9 Å². The Morgan fingerprint density at radius 3 is 3.14 bits per heavy atom. The summed E-state index contributed by atoms with van der Waals surface area (Å²) in [5.41, 5.74) is 2.20. The van der Waals surface area contributed by atoms with Gasteiger partial charge in [0, 0.05) is 31.1 Å². The molecule has 1 aromatic carbocycles. The van der Waals surface area contributed by atoms with Gasteiger partial charge in [-0.15, -0.1) is 0 Å². The number of aliphatic hydroxyl groups is 1. The molecule has 4 nitrogen and oxygen atoms in total. The van der Waals surface area contributed by atoms with E-state index in [1.807, 2.05) is 30.4 Å². The first-order chi connectivity index (χ1) is 10.2. The largest absolute Gasteiger partial charge is 0.493 e. The minimum Gasteiger partial charge on any atom is -0.493 e. The molecule has 2 aliphatic rings. The van der Waals surface area contributed by atoms with E-state index in [4.69, 9.17) is 9.84 Å². The van der Waals surface area contributed by atoms with Crippen molar-refractivity contribution in [1.82, 2.24) is 5.32 Å². The predicted octanol–water partition coefficient (Wildman–Crippen LogP) is 1.69. The van der Waals surface area contributed by atoms with Gasteiger partial charge in [0.2, 0.25) is 5.91 Å². The maximum absolute atomic E-state index is 11.9. The average molecular weight is 285 g/mol. The van der Waals surface area contributed by atoms with Crippen molar-refractivity contribution in [1.29, 1.82) is 0 Å². The minimum absolute atomic E-state index is 0.0210. The fourth-order valence-corrected chi connectivity index (χ4v) is 2.73. The summed E-state index contributed by atoms with van der Waals surface area (Å²) in [4.78, 5) is 11.9. The van der Waals surface area contributed by atoms with E-state index >= 15 is 0 Å². The summed E-state index contributed by atoms with van der Waals surface area (Å²) in [5.74, 6) is 0.999. The van der Waals surface area contributed by atoms with Crippen molar-refractivity contribution < 1.29 is 14.6 Å². The van der Waals surface area contributed by atoms with Gasteiger partial charge in [-0.3, -0.25) is 4.79 Å². The third kappa shape index (κ3) is 3.34. The Labute approximate surface area is 124 Å². The van der Waals surface area contributed by atoms with Gasteiger partial charge in [-0.25, -0.2) is 0 Å². The summed E-state index contributed by atoms with van der Waals surface area (Å²) >= 11 is 0. The third-order valence-corrected chi connectivity index (χ3v) is 3.88. The number of nitrogens with one attached hydrogen (secondary N) is 1. The number of carbonyl (C=O) groups is 1. The van der Waals surface area contributed by atoms with Crippen molar-refractivity contribution in [3.63, 3.8) is 0 Å². The van der Waals surface area contributed by atoms with E-state index in [2.05, 4.69) is 11.4 Å². The highest BCUT2D eigenvalue weighted by molar-refractivity contribution is 5.92. The summed E-state index contributed by atoms with van der Waals surface area (Å²) in [6.45, 7) is 0.874. The Kier molecular flexibility index (Phi) is 4.06. The Bertz CT molecular complexity index is 592. The Hall–Kier alpha value is -2.07. The van der Waals surface area contributed by atoms with Crippen LogP contribution < -0.4 is 10.1 Å². The molecule has 1 aromatic rings. The zero-order chi connectivity index (χ0) is 14.7. The smallest absolute Gasteiger partial charge is 0.244 e. The van der Waals surface area contributed by atoms with Crippen molar-refractivity contribution in [2.75, 3.05) is 13.2 Å². The lowest BCUT2D eigenvalue weighted by Crippen LogP contribution is -2.31. The molecule has 0 bridgehead atoms. The lowest BCUT2D eigenvalue weighted by molar-refractivity contribution is -0.116. The fourth-order valence-electron chi connectivity index (χ4n) is 2.73. The van der Waals surface area contributed by atoms with Crippen LogP contribution >= 0.6 is 0 Å². The molecule has 0 saturated carbocycles. The first-order valence-electron chi connectivity index (χ1n) is 7.28. The summed E-state index contributed by atoms with van der Waals surface area (Å²) in [6.07, 6.45) is 8.97. The van der Waals surface area contributed by atoms with E-state index in [1.54, 1.807) is 6.08 Å². The van der Waals surface area contributed by atoms with Crippen LogP contribution in [0.4, 0.5) is 0 Å². The lowest BCUT2D eigenvalue weighted by Gasteiger charge is -2.10. The summed E-state index contributed by atoms with van der Waals surface area (Å²) in [5, 5.41) is 12.0. The molecule has 1 amide bonds. The van der Waals surface area contributed by atoms with Crippen LogP contribution in [0.25, 0.3) is 6.08 Å². The topological polar surface area (TPSA) is 58.6 Å². The highest BCUT2D eigenvalue weighted by atomic mass is 16.5. The molecule has 3 rings (SSSR count). The van der Waals surface area contributed by atoms with E-state index in [1.165, 1.54) is 5.56 Å². The number of carbonyl (C=O) groups excluding carboxylic acids is 1. The molecule has 110 valence electrons. The van der Waals surface area contributed by atoms with E-state index in [0.29, 0.717) is 0 Å². The Balaban J connectivity index is 1.56. The van der Waals surface area contributed by atoms with Crippen molar-refractivity contribution in [3.05, 3.63) is 47.6 Å². The maximum Gasteiger partial charge on any atom is 0.244 e. The van der Waals surface area contributed by atoms with Crippen molar-refractivity contribution in [2.24, 2.45) is 5.92 Å². The number of fused-ring (bicyclic) bond motifs is 1. The number of hydrogen-bond acceptors (Lipinski definition) is 3. The molecular formula is C17H19NO3. The second-order valence-corrected chi connectivity index (χ2v) is 5.48. The molecule has 2 atom stereocenters. The highest BCUT2D eigenvalue weighted by Crippen LogP contribution is 2.26. The summed E-state index contributed by atoms with van der Waals surface area (Å²) in [7, 11) is 0. The number of ether oxygens (including phenoxy) is 1. The van der Waals surface area contributed by atoms with Gasteiger partial charge in [0.15, 0.2) is 0 Å². The van der Waals surface area contributed by atoms with Crippen LogP contribution in [0.15, 0.2) is 36.4 Å². The van der Waals surface area contributed by atoms with Gasteiger partial charge in [0.05, 0.1) is 6.61 Å². The average Bonchev–Trinajstić information content (AvgIpc) is 3.13. The van der Waals surface area contributed by atoms with E-state index in [0.717, 1.165) is 30.8 Å². The molecule has 2 N–H and O–H groups in total. The van der Waals surface area contributed by atoms with Crippen LogP contribution in [0.3, 0.4) is 0 Å². The number of aliphatic hydroxyl groups excluding tert-OH is 1. The molecule has 0 saturated heterocycles. The van der Waals surface area contributed by atoms with Crippen LogP contribution in [0.2, 0.25) is 0 Å². The third-order valence-electron chi connectivity index (χ3n) is 3.88. The molecule has 0 aromatic heterocycles. The van der Waals surface area contributed by atoms with Gasteiger partial charge in [-0.05, 0) is 35.8 Å². The quantitative estimate of drug-likeness (QED) is 0.654. The van der Waals surface area contributed by atoms with E-state index in [-0.39, 0.29) is 24.5 Å². The molecule has 1 heterocycles. The van der Waals surface area contributed by atoms with Crippen LogP contribution in [0, 0.1) is 5.92 Å². The van der Waals surface area contributed by atoms with Crippen LogP contribution in [0.1, 0.15) is 17.5 Å². The van der Waals surface area contributed by atoms with Gasteiger partial charge in [0.1, 0.15) is 5.75 Å². The van der Waals surface area contributed by atoms with Gasteiger partial charge < -0.3 is 15.2 Å². The zero-order valence-corrected chi connectivity index (χ0v) is 11.8. The first kappa shape index (κ1) is 13.9. The van der Waals surface area contributed by atoms with E-state index in [9.17, 15) is 4.79 Å². The van der Waals surface area contributed by atoms with Crippen molar-refractivity contribution >= 4 is 12.0 Å². The van der Waals surface area contributed by atoms with Crippen LogP contribution in [-0.4, -0.2) is 30.3 Å². The molecule has 1 aliphatic carbocycles. The normalized spacial score (nSPS) is 23.3. The molecule has 1 aliphatic heterocycles. The second-order valence-electron chi connectivity index (χ2n) is 5.48. The number of rotatable bonds is 4. The predicted molar refractivity (Wildman–Crippen MR) is 80.9 cm³/mol. The number of amides is 1. The van der Waals surface area contributed by atoms with Crippen molar-refractivity contribution in [3.8, 4) is 5.75 Å². The first-order valence-corrected chi connectivity index (χ1v) is 7.28. The molecule has 0 spiro atoms. The van der Waals surface area contributed by atoms with Crippen LogP contribution in [0.5, 0.6) is 5.75 Å². The Morgan fingerprint density at radius 1 is 1.43 bits per heavy atom. The van der Waals surface area contributed by atoms with Gasteiger partial charge in [-0.2, -0.15) is 0 Å². The minimum atomic E-state index is -0.111. The highest BCUT2D eigenvalue weighted by Gasteiger charge is 2.18. The SMILES string of the molecule is O=C(/C=C/c1ccc2c(c1)CCO2)N[C@@H]1C=C[C@H](CO)C1. The molecule has 0 unspecified atom stereocenters.